The first-order valence-electron chi connectivity index (χ1n) is 16.4. The van der Waals surface area contributed by atoms with Crippen molar-refractivity contribution in [2.75, 3.05) is 17.6 Å². The molecule has 0 bridgehead atoms. The Labute approximate surface area is 318 Å². The summed E-state index contributed by atoms with van der Waals surface area (Å²) in [7, 11) is 0. The number of nitrogens with one attached hydrogen (secondary N) is 2. The minimum Gasteiger partial charge on any atom is -0.361 e. The van der Waals surface area contributed by atoms with Gasteiger partial charge in [-0.3, -0.25) is 9.59 Å². The van der Waals surface area contributed by atoms with Crippen LogP contribution in [-0.2, 0) is 17.6 Å². The number of allylic oxidation sites excluding steroid dienone is 1. The van der Waals surface area contributed by atoms with Gasteiger partial charge < -0.3 is 9.97 Å². The van der Waals surface area contributed by atoms with Gasteiger partial charge in [-0.1, -0.05) is 24.3 Å². The molecule has 0 unspecified atom stereocenters. The number of H-pyrrole nitrogens is 2. The number of nitriles is 2. The number of hydrogen-bond donors (Lipinski definition) is 2. The second-order valence-electron chi connectivity index (χ2n) is 11.4. The Bertz CT molecular complexity index is 2080. The van der Waals surface area contributed by atoms with Crippen LogP contribution in [-0.4, -0.2) is 38.6 Å². The van der Waals surface area contributed by atoms with Crippen molar-refractivity contribution in [1.29, 1.82) is 10.5 Å². The molecule has 0 amide bonds. The van der Waals surface area contributed by atoms with Gasteiger partial charge in [-0.05, 0) is 109 Å². The van der Waals surface area contributed by atoms with Gasteiger partial charge in [-0.2, -0.15) is 10.5 Å². The van der Waals surface area contributed by atoms with E-state index in [1.54, 1.807) is 18.3 Å². The largest absolute Gasteiger partial charge is 0.361 e. The summed E-state index contributed by atoms with van der Waals surface area (Å²) < 4.78 is 0. The number of Topliss-reactive ketones (excluding diaryl/α,β-unsaturated/α-hetero) is 1. The van der Waals surface area contributed by atoms with Crippen LogP contribution in [0.3, 0.4) is 0 Å². The summed E-state index contributed by atoms with van der Waals surface area (Å²) in [6, 6.07) is 21.1. The molecule has 7 nitrogen and oxygen atoms in total. The molecule has 2 aromatic heterocycles. The molecule has 262 valence electrons. The number of rotatable bonds is 11. The molecular weight excluding hydrogens is 724 g/mol. The third-order valence-corrected chi connectivity index (χ3v) is 8.77. The van der Waals surface area contributed by atoms with Crippen LogP contribution in [0.25, 0.3) is 32.7 Å². The second-order valence-corrected chi connectivity index (χ2v) is 12.9. The van der Waals surface area contributed by atoms with E-state index in [1.165, 1.54) is 16.7 Å². The van der Waals surface area contributed by atoms with Crippen molar-refractivity contribution in [1.82, 2.24) is 9.97 Å². The number of nitrogens with zero attached hydrogens (tertiary/aromatic N) is 3. The average Bonchev–Trinajstić information content (AvgIpc) is 3.91. The van der Waals surface area contributed by atoms with E-state index >= 15 is 0 Å². The van der Waals surface area contributed by atoms with E-state index in [2.05, 4.69) is 39.1 Å². The molecule has 2 heterocycles. The Hall–Kier alpha value is -4.55. The maximum Gasteiger partial charge on any atom is 0.221 e. The molecule has 51 heavy (non-hydrogen) atoms. The first-order valence-corrected chi connectivity index (χ1v) is 18.3. The minimum atomic E-state index is -0.305. The molecule has 0 fully saturated rings. The van der Waals surface area contributed by atoms with Crippen molar-refractivity contribution in [3.63, 3.8) is 0 Å². The summed E-state index contributed by atoms with van der Waals surface area (Å²) in [4.78, 5) is 31.4. The number of hydrogen-bond acceptors (Lipinski definition) is 4. The molecule has 1 aliphatic carbocycles. The fraction of sp³-hybridized carbons (Fsp3) is 0.275. The first kappa shape index (κ1) is 40.9. The fourth-order valence-corrected chi connectivity index (χ4v) is 5.75. The van der Waals surface area contributed by atoms with Gasteiger partial charge in [0.1, 0.15) is 0 Å². The maximum atomic E-state index is 11.9. The van der Waals surface area contributed by atoms with Crippen LogP contribution in [0, 0.1) is 29.2 Å². The van der Waals surface area contributed by atoms with E-state index in [9.17, 15) is 9.59 Å². The van der Waals surface area contributed by atoms with E-state index in [4.69, 9.17) is 63.5 Å². The molecule has 11 heteroatoms. The Morgan fingerprint density at radius 3 is 2.02 bits per heavy atom. The van der Waals surface area contributed by atoms with Gasteiger partial charge in [0.2, 0.25) is 5.24 Å². The van der Waals surface area contributed by atoms with Gasteiger partial charge in [0.15, 0.2) is 11.5 Å². The fourth-order valence-electron chi connectivity index (χ4n) is 5.16. The Kier molecular flexibility index (Phi) is 17.9. The van der Waals surface area contributed by atoms with Crippen molar-refractivity contribution in [2.24, 2.45) is 0 Å². The zero-order valence-electron chi connectivity index (χ0n) is 28.0. The molecule has 0 radical (unpaired) electrons. The summed E-state index contributed by atoms with van der Waals surface area (Å²) >= 11 is 21.4. The highest BCUT2D eigenvalue weighted by Gasteiger charge is 2.12. The van der Waals surface area contributed by atoms with Crippen LogP contribution in [0.15, 0.2) is 73.1 Å². The Morgan fingerprint density at radius 2 is 1.41 bits per heavy atom. The summed E-state index contributed by atoms with van der Waals surface area (Å²) in [5, 5.41) is 19.4. The molecule has 2 N–H and O–H groups in total. The third kappa shape index (κ3) is 12.9. The maximum absolute atomic E-state index is 11.9. The topological polar surface area (TPSA) is 118 Å². The summed E-state index contributed by atoms with van der Waals surface area (Å²) in [5.74, 6) is 1.77. The smallest absolute Gasteiger partial charge is 0.221 e. The zero-order valence-corrected chi connectivity index (χ0v) is 31.0. The summed E-state index contributed by atoms with van der Waals surface area (Å²) in [6.07, 6.45) is 14.3. The standard InChI is InChI=1S/C13H11ClN2O.C13H13ClN2.C10H7N.C4H6Cl2O/c14-5-1-2-13(17)11-8-16-12-4-3-9(7-15)6-10(11)12;14-6-2-1-3-11-9-16-13-5-4-10(8-15)7-12(11)13;1-11-10-6-5-8-3-2-4-9(8)7-10;5-3-1-2-4(6)7/h3-4,6,8,16H,1-2,5H2;4-5,7,9,16H,1-3,6H2;2,4-7H,3H2;1-3H2. The number of halogens is 4. The average molecular weight is 762 g/mol. The number of fused-ring (bicyclic) bond motifs is 3. The monoisotopic (exact) mass is 759 g/mol. The van der Waals surface area contributed by atoms with E-state index in [-0.39, 0.29) is 11.0 Å². The molecule has 0 aliphatic heterocycles. The highest BCUT2D eigenvalue weighted by Crippen LogP contribution is 2.25. The number of ketones is 1. The predicted molar refractivity (Wildman–Crippen MR) is 210 cm³/mol. The van der Waals surface area contributed by atoms with Gasteiger partial charge in [-0.15, -0.1) is 34.8 Å². The van der Waals surface area contributed by atoms with Crippen molar-refractivity contribution >= 4 is 91.0 Å². The van der Waals surface area contributed by atoms with E-state index in [0.29, 0.717) is 60.0 Å². The van der Waals surface area contributed by atoms with Crippen molar-refractivity contribution in [3.8, 4) is 12.1 Å². The van der Waals surface area contributed by atoms with E-state index < -0.39 is 0 Å². The quantitative estimate of drug-likeness (QED) is 0.0458. The lowest BCUT2D eigenvalue weighted by atomic mass is 10.0. The first-order chi connectivity index (χ1) is 24.8. The number of aromatic nitrogens is 2. The second kappa shape index (κ2) is 22.3. The van der Waals surface area contributed by atoms with Crippen LogP contribution >= 0.6 is 46.4 Å². The highest BCUT2D eigenvalue weighted by molar-refractivity contribution is 6.63. The van der Waals surface area contributed by atoms with Crippen LogP contribution in [0.1, 0.15) is 76.7 Å². The summed E-state index contributed by atoms with van der Waals surface area (Å²) in [6.45, 7) is 6.81. The molecule has 0 saturated carbocycles. The molecular formula is C40H37Cl4N5O2. The van der Waals surface area contributed by atoms with Crippen LogP contribution in [0.2, 0.25) is 0 Å². The third-order valence-electron chi connectivity index (χ3n) is 7.78. The lowest BCUT2D eigenvalue weighted by molar-refractivity contribution is -0.111. The number of carbonyl (C=O) groups excluding carboxylic acids is 2. The van der Waals surface area contributed by atoms with Gasteiger partial charge in [0, 0.05) is 70.2 Å². The highest BCUT2D eigenvalue weighted by atomic mass is 35.5. The number of unbranched alkanes of at least 4 members (excludes halogenated alkanes) is 1. The normalized spacial score (nSPS) is 10.7. The van der Waals surface area contributed by atoms with Crippen LogP contribution < -0.4 is 0 Å². The Morgan fingerprint density at radius 1 is 0.784 bits per heavy atom. The lowest BCUT2D eigenvalue weighted by Gasteiger charge is -1.98. The molecule has 0 spiro atoms. The molecule has 1 aliphatic rings. The number of alkyl halides is 3. The zero-order chi connectivity index (χ0) is 37.0. The van der Waals surface area contributed by atoms with E-state index in [1.807, 2.05) is 48.7 Å². The van der Waals surface area contributed by atoms with Gasteiger partial charge in [0.05, 0.1) is 29.8 Å². The number of carbonyl (C=O) groups is 2. The number of aromatic amines is 2. The van der Waals surface area contributed by atoms with Gasteiger partial charge >= 0.3 is 0 Å². The summed E-state index contributed by atoms with van der Waals surface area (Å²) in [5.41, 5.74) is 8.43. The van der Waals surface area contributed by atoms with Crippen LogP contribution in [0.5, 0.6) is 0 Å². The lowest BCUT2D eigenvalue weighted by Crippen LogP contribution is -1.98. The minimum absolute atomic E-state index is 0.0620. The van der Waals surface area contributed by atoms with Gasteiger partial charge in [-0.25, -0.2) is 4.85 Å². The SMILES string of the molecule is N#Cc1ccc2[nH]cc(C(=O)CCCCl)c2c1.N#Cc1ccc2[nH]cc(CCCCCl)c2c1.O=C(Cl)CCCCl.[C-]#[N+]c1ccc2c(c1)C=CC2. The molecule has 0 atom stereocenters. The molecule has 0 saturated heterocycles. The number of benzene rings is 3. The molecule has 3 aromatic carbocycles. The predicted octanol–water partition coefficient (Wildman–Crippen LogP) is 11.4. The number of aryl methyl sites for hydroxylation is 1. The molecule has 5 aromatic rings. The molecule has 6 rings (SSSR count). The van der Waals surface area contributed by atoms with Gasteiger partial charge in [0.25, 0.3) is 0 Å². The van der Waals surface area contributed by atoms with Crippen molar-refractivity contribution in [2.45, 2.75) is 51.4 Å². The van der Waals surface area contributed by atoms with Crippen molar-refractivity contribution < 1.29 is 9.59 Å². The Balaban J connectivity index is 0.000000192. The van der Waals surface area contributed by atoms with E-state index in [0.717, 1.165) is 53.2 Å². The van der Waals surface area contributed by atoms with Crippen LogP contribution in [0.4, 0.5) is 5.69 Å². The van der Waals surface area contributed by atoms with Crippen molar-refractivity contribution in [3.05, 3.63) is 118 Å².